The monoisotopic (exact) mass is 205 g/mol. The number of aryl methyl sites for hydroxylation is 1. The molecule has 0 fully saturated rings. The normalized spacial score (nSPS) is 17.3. The van der Waals surface area contributed by atoms with Gasteiger partial charge in [0.15, 0.2) is 0 Å². The predicted octanol–water partition coefficient (Wildman–Crippen LogP) is 2.21. The number of hydrogen-bond donors (Lipinski definition) is 1. The largest absolute Gasteiger partial charge is 0.487 e. The number of benzene rings is 1. The molecular weight excluding hydrogens is 186 g/mol. The lowest BCUT2D eigenvalue weighted by atomic mass is 9.97. The van der Waals surface area contributed by atoms with Crippen LogP contribution in [-0.2, 0) is 12.8 Å². The lowest BCUT2D eigenvalue weighted by Crippen LogP contribution is -2.24. The first-order chi connectivity index (χ1) is 7.02. The topological polar surface area (TPSA) is 35.2 Å². The minimum absolute atomic E-state index is 0.0455. The molecule has 1 aliphatic rings. The van der Waals surface area contributed by atoms with Crippen LogP contribution in [0.1, 0.15) is 30.5 Å². The Labute approximate surface area is 91.4 Å². The van der Waals surface area contributed by atoms with Crippen molar-refractivity contribution in [1.82, 2.24) is 0 Å². The van der Waals surface area contributed by atoms with Gasteiger partial charge in [-0.3, -0.25) is 0 Å². The van der Waals surface area contributed by atoms with Gasteiger partial charge < -0.3 is 10.5 Å². The van der Waals surface area contributed by atoms with Crippen molar-refractivity contribution in [2.75, 3.05) is 6.54 Å². The zero-order valence-electron chi connectivity index (χ0n) is 9.76. The van der Waals surface area contributed by atoms with Gasteiger partial charge in [0, 0.05) is 6.42 Å². The Balaban J connectivity index is 2.36. The second-order valence-electron chi connectivity index (χ2n) is 4.96. The van der Waals surface area contributed by atoms with Gasteiger partial charge in [0.25, 0.3) is 0 Å². The highest BCUT2D eigenvalue weighted by Gasteiger charge is 2.30. The van der Waals surface area contributed by atoms with E-state index in [9.17, 15) is 0 Å². The van der Waals surface area contributed by atoms with E-state index in [1.54, 1.807) is 0 Å². The maximum Gasteiger partial charge on any atom is 0.123 e. The molecule has 0 saturated heterocycles. The molecule has 0 radical (unpaired) electrons. The second-order valence-corrected chi connectivity index (χ2v) is 4.96. The molecule has 1 aromatic carbocycles. The molecule has 2 heteroatoms. The Bertz CT molecular complexity index is 382. The first-order valence-electron chi connectivity index (χ1n) is 5.53. The molecule has 2 N–H and O–H groups in total. The van der Waals surface area contributed by atoms with Gasteiger partial charge in [0.05, 0.1) is 0 Å². The average molecular weight is 205 g/mol. The van der Waals surface area contributed by atoms with E-state index in [-0.39, 0.29) is 5.60 Å². The van der Waals surface area contributed by atoms with E-state index >= 15 is 0 Å². The summed E-state index contributed by atoms with van der Waals surface area (Å²) in [6.45, 7) is 7.10. The second kappa shape index (κ2) is 3.53. The lowest BCUT2D eigenvalue weighted by molar-refractivity contribution is 0.138. The summed E-state index contributed by atoms with van der Waals surface area (Å²) in [5.74, 6) is 1.05. The Hall–Kier alpha value is -1.02. The van der Waals surface area contributed by atoms with E-state index in [2.05, 4.69) is 32.9 Å². The summed E-state index contributed by atoms with van der Waals surface area (Å²) in [5.41, 5.74) is 9.53. The van der Waals surface area contributed by atoms with Crippen molar-refractivity contribution in [3.63, 3.8) is 0 Å². The first kappa shape index (κ1) is 10.5. The zero-order valence-corrected chi connectivity index (χ0v) is 9.76. The Morgan fingerprint density at radius 2 is 2.13 bits per heavy atom. The van der Waals surface area contributed by atoms with Crippen molar-refractivity contribution in [3.8, 4) is 5.75 Å². The molecule has 0 atom stereocenters. The highest BCUT2D eigenvalue weighted by Crippen LogP contribution is 2.36. The highest BCUT2D eigenvalue weighted by atomic mass is 16.5. The van der Waals surface area contributed by atoms with Gasteiger partial charge in [-0.1, -0.05) is 6.07 Å². The van der Waals surface area contributed by atoms with Gasteiger partial charge >= 0.3 is 0 Å². The standard InChI is InChI=1S/C13H19NO/c1-9-6-12-11(7-10(9)4-5-14)8-13(2,3)15-12/h6-7H,4-5,8,14H2,1-3H3. The van der Waals surface area contributed by atoms with Crippen LogP contribution >= 0.6 is 0 Å². The molecule has 0 amide bonds. The third kappa shape index (κ3) is 2.00. The number of fused-ring (bicyclic) bond motifs is 1. The minimum Gasteiger partial charge on any atom is -0.487 e. The summed E-state index contributed by atoms with van der Waals surface area (Å²) < 4.78 is 5.88. The molecule has 2 rings (SSSR count). The summed E-state index contributed by atoms with van der Waals surface area (Å²) in [6, 6.07) is 4.40. The van der Waals surface area contributed by atoms with E-state index < -0.39 is 0 Å². The first-order valence-corrected chi connectivity index (χ1v) is 5.53. The van der Waals surface area contributed by atoms with Crippen molar-refractivity contribution in [2.24, 2.45) is 5.73 Å². The number of rotatable bonds is 2. The molecule has 0 spiro atoms. The van der Waals surface area contributed by atoms with E-state index in [0.29, 0.717) is 6.54 Å². The fourth-order valence-electron chi connectivity index (χ4n) is 2.23. The van der Waals surface area contributed by atoms with Crippen molar-refractivity contribution >= 4 is 0 Å². The van der Waals surface area contributed by atoms with Gasteiger partial charge in [0.2, 0.25) is 0 Å². The van der Waals surface area contributed by atoms with Gasteiger partial charge in [-0.25, -0.2) is 0 Å². The summed E-state index contributed by atoms with van der Waals surface area (Å²) >= 11 is 0. The highest BCUT2D eigenvalue weighted by molar-refractivity contribution is 5.45. The molecule has 0 aliphatic carbocycles. The van der Waals surface area contributed by atoms with Crippen LogP contribution in [0.5, 0.6) is 5.75 Å². The van der Waals surface area contributed by atoms with E-state index in [4.69, 9.17) is 10.5 Å². The van der Waals surface area contributed by atoms with Crippen molar-refractivity contribution < 1.29 is 4.74 Å². The predicted molar refractivity (Wildman–Crippen MR) is 62.3 cm³/mol. The third-order valence-electron chi connectivity index (χ3n) is 2.94. The molecule has 1 heterocycles. The lowest BCUT2D eigenvalue weighted by Gasteiger charge is -2.16. The molecule has 0 unspecified atom stereocenters. The summed E-state index contributed by atoms with van der Waals surface area (Å²) in [5, 5.41) is 0. The Morgan fingerprint density at radius 3 is 2.80 bits per heavy atom. The summed E-state index contributed by atoms with van der Waals surface area (Å²) in [6.07, 6.45) is 1.96. The molecule has 82 valence electrons. The zero-order chi connectivity index (χ0) is 11.1. The molecule has 0 aromatic heterocycles. The van der Waals surface area contributed by atoms with Crippen LogP contribution in [-0.4, -0.2) is 12.1 Å². The third-order valence-corrected chi connectivity index (χ3v) is 2.94. The van der Waals surface area contributed by atoms with Crippen LogP contribution in [0.15, 0.2) is 12.1 Å². The summed E-state index contributed by atoms with van der Waals surface area (Å²) in [7, 11) is 0. The van der Waals surface area contributed by atoms with Crippen LogP contribution in [0.3, 0.4) is 0 Å². The molecular formula is C13H19NO. The van der Waals surface area contributed by atoms with Gasteiger partial charge in [0.1, 0.15) is 11.4 Å². The SMILES string of the molecule is Cc1cc2c(cc1CCN)CC(C)(C)O2. The van der Waals surface area contributed by atoms with Crippen LogP contribution in [0.2, 0.25) is 0 Å². The molecule has 0 bridgehead atoms. The molecule has 15 heavy (non-hydrogen) atoms. The number of ether oxygens (including phenoxy) is 1. The molecule has 1 aromatic rings. The molecule has 0 saturated carbocycles. The maximum atomic E-state index is 5.88. The minimum atomic E-state index is -0.0455. The van der Waals surface area contributed by atoms with Gasteiger partial charge in [-0.05, 0) is 56.5 Å². The molecule has 1 aliphatic heterocycles. The Morgan fingerprint density at radius 1 is 1.40 bits per heavy atom. The fraction of sp³-hybridized carbons (Fsp3) is 0.538. The number of hydrogen-bond acceptors (Lipinski definition) is 2. The Kier molecular flexibility index (Phi) is 2.47. The van der Waals surface area contributed by atoms with Crippen LogP contribution in [0, 0.1) is 6.92 Å². The maximum absolute atomic E-state index is 5.88. The smallest absolute Gasteiger partial charge is 0.123 e. The fourth-order valence-corrected chi connectivity index (χ4v) is 2.23. The van der Waals surface area contributed by atoms with Crippen molar-refractivity contribution in [2.45, 2.75) is 39.2 Å². The van der Waals surface area contributed by atoms with Crippen LogP contribution < -0.4 is 10.5 Å². The average Bonchev–Trinajstić information content (AvgIpc) is 2.39. The van der Waals surface area contributed by atoms with Gasteiger partial charge in [-0.2, -0.15) is 0 Å². The van der Waals surface area contributed by atoms with Crippen molar-refractivity contribution in [1.29, 1.82) is 0 Å². The van der Waals surface area contributed by atoms with Gasteiger partial charge in [-0.15, -0.1) is 0 Å². The van der Waals surface area contributed by atoms with Crippen molar-refractivity contribution in [3.05, 3.63) is 28.8 Å². The van der Waals surface area contributed by atoms with E-state index in [1.807, 2.05) is 0 Å². The summed E-state index contributed by atoms with van der Waals surface area (Å²) in [4.78, 5) is 0. The van der Waals surface area contributed by atoms with E-state index in [0.717, 1.165) is 18.6 Å². The van der Waals surface area contributed by atoms with Crippen LogP contribution in [0.4, 0.5) is 0 Å². The molecule has 2 nitrogen and oxygen atoms in total. The number of nitrogens with two attached hydrogens (primary N) is 1. The van der Waals surface area contributed by atoms with Crippen LogP contribution in [0.25, 0.3) is 0 Å². The quantitative estimate of drug-likeness (QED) is 0.803. The van der Waals surface area contributed by atoms with E-state index in [1.165, 1.54) is 16.7 Å².